The highest BCUT2D eigenvalue weighted by molar-refractivity contribution is 7.16. The monoisotopic (exact) mass is 328 g/mol. The molecule has 1 aliphatic carbocycles. The number of hydrogen-bond donors (Lipinski definition) is 2. The molecular weight excluding hydrogens is 308 g/mol. The number of carbonyl (C=O) groups is 1. The zero-order valence-corrected chi connectivity index (χ0v) is 14.0. The minimum absolute atomic E-state index is 0.0528. The van der Waals surface area contributed by atoms with Crippen LogP contribution in [0.2, 0.25) is 0 Å². The van der Waals surface area contributed by atoms with Crippen LogP contribution in [-0.4, -0.2) is 12.5 Å². The van der Waals surface area contributed by atoms with Crippen LogP contribution in [0.3, 0.4) is 0 Å². The first kappa shape index (κ1) is 14.6. The SMILES string of the molecule is CCOc1ccc(C2NC(=O)c3c(sc4c3CCCC4)N2)cc1. The average molecular weight is 328 g/mol. The molecule has 1 aliphatic heterocycles. The summed E-state index contributed by atoms with van der Waals surface area (Å²) in [7, 11) is 0. The quantitative estimate of drug-likeness (QED) is 0.899. The van der Waals surface area contributed by atoms with Crippen molar-refractivity contribution in [2.45, 2.75) is 38.8 Å². The van der Waals surface area contributed by atoms with E-state index in [1.807, 2.05) is 31.2 Å². The van der Waals surface area contributed by atoms with Crippen LogP contribution in [0.1, 0.15) is 52.3 Å². The van der Waals surface area contributed by atoms with Gasteiger partial charge in [-0.05, 0) is 55.9 Å². The molecular formula is C18H20N2O2S. The molecule has 1 atom stereocenters. The minimum Gasteiger partial charge on any atom is -0.494 e. The minimum atomic E-state index is -0.175. The molecule has 1 unspecified atom stereocenters. The number of anilines is 1. The zero-order valence-electron chi connectivity index (χ0n) is 13.1. The lowest BCUT2D eigenvalue weighted by Gasteiger charge is -2.27. The van der Waals surface area contributed by atoms with Crippen LogP contribution in [0.4, 0.5) is 5.00 Å². The van der Waals surface area contributed by atoms with E-state index in [2.05, 4.69) is 10.6 Å². The maximum atomic E-state index is 12.6. The number of rotatable bonds is 3. The highest BCUT2D eigenvalue weighted by Crippen LogP contribution is 2.41. The van der Waals surface area contributed by atoms with Crippen molar-refractivity contribution in [2.75, 3.05) is 11.9 Å². The Balaban J connectivity index is 1.61. The molecule has 0 fully saturated rings. The van der Waals surface area contributed by atoms with E-state index >= 15 is 0 Å². The van der Waals surface area contributed by atoms with E-state index < -0.39 is 0 Å². The predicted molar refractivity (Wildman–Crippen MR) is 92.4 cm³/mol. The van der Waals surface area contributed by atoms with E-state index in [1.165, 1.54) is 23.3 Å². The Labute approximate surface area is 139 Å². The summed E-state index contributed by atoms with van der Waals surface area (Å²) >= 11 is 1.75. The van der Waals surface area contributed by atoms with Crippen LogP contribution in [0.15, 0.2) is 24.3 Å². The van der Waals surface area contributed by atoms with Crippen molar-refractivity contribution < 1.29 is 9.53 Å². The van der Waals surface area contributed by atoms with Gasteiger partial charge in [-0.3, -0.25) is 4.79 Å². The van der Waals surface area contributed by atoms with Gasteiger partial charge < -0.3 is 15.4 Å². The number of fused-ring (bicyclic) bond motifs is 3. The summed E-state index contributed by atoms with van der Waals surface area (Å²) in [5.74, 6) is 0.905. The number of benzene rings is 1. The topological polar surface area (TPSA) is 50.4 Å². The van der Waals surface area contributed by atoms with E-state index in [1.54, 1.807) is 11.3 Å². The van der Waals surface area contributed by atoms with E-state index in [9.17, 15) is 4.79 Å². The molecule has 2 heterocycles. The first-order chi connectivity index (χ1) is 11.3. The highest BCUT2D eigenvalue weighted by Gasteiger charge is 2.31. The maximum absolute atomic E-state index is 12.6. The van der Waals surface area contributed by atoms with Gasteiger partial charge in [-0.15, -0.1) is 11.3 Å². The fourth-order valence-electron chi connectivity index (χ4n) is 3.37. The standard InChI is InChI=1S/C18H20N2O2S/c1-2-22-12-9-7-11(8-10-12)16-19-17(21)15-13-5-3-4-6-14(13)23-18(15)20-16/h7-10,16,20H,2-6H2,1H3,(H,19,21). The lowest BCUT2D eigenvalue weighted by atomic mass is 9.94. The van der Waals surface area contributed by atoms with Gasteiger partial charge in [0.15, 0.2) is 0 Å². The molecule has 4 rings (SSSR count). The molecule has 1 amide bonds. The molecule has 0 bridgehead atoms. The van der Waals surface area contributed by atoms with Crippen molar-refractivity contribution in [1.29, 1.82) is 0 Å². The van der Waals surface area contributed by atoms with Crippen LogP contribution in [0.5, 0.6) is 5.75 Å². The molecule has 1 aromatic carbocycles. The van der Waals surface area contributed by atoms with E-state index in [0.717, 1.165) is 34.7 Å². The number of thiophene rings is 1. The van der Waals surface area contributed by atoms with Gasteiger partial charge in [-0.2, -0.15) is 0 Å². The average Bonchev–Trinajstić information content (AvgIpc) is 2.94. The first-order valence-electron chi connectivity index (χ1n) is 8.21. The second-order valence-electron chi connectivity index (χ2n) is 5.97. The Hall–Kier alpha value is -2.01. The Morgan fingerprint density at radius 2 is 1.96 bits per heavy atom. The molecule has 4 nitrogen and oxygen atoms in total. The number of amides is 1. The maximum Gasteiger partial charge on any atom is 0.256 e. The number of aryl methyl sites for hydroxylation is 1. The van der Waals surface area contributed by atoms with Crippen molar-refractivity contribution in [3.63, 3.8) is 0 Å². The van der Waals surface area contributed by atoms with E-state index in [-0.39, 0.29) is 12.1 Å². The van der Waals surface area contributed by atoms with Gasteiger partial charge in [0, 0.05) is 4.88 Å². The summed E-state index contributed by atoms with van der Waals surface area (Å²) < 4.78 is 5.47. The molecule has 2 N–H and O–H groups in total. The Morgan fingerprint density at radius 3 is 2.74 bits per heavy atom. The Morgan fingerprint density at radius 1 is 1.17 bits per heavy atom. The number of carbonyl (C=O) groups excluding carboxylic acids is 1. The van der Waals surface area contributed by atoms with Crippen LogP contribution in [0, 0.1) is 0 Å². The van der Waals surface area contributed by atoms with Crippen molar-refractivity contribution >= 4 is 22.2 Å². The van der Waals surface area contributed by atoms with Crippen LogP contribution >= 0.6 is 11.3 Å². The van der Waals surface area contributed by atoms with Gasteiger partial charge >= 0.3 is 0 Å². The van der Waals surface area contributed by atoms with Crippen LogP contribution in [0.25, 0.3) is 0 Å². The van der Waals surface area contributed by atoms with Gasteiger partial charge in [0.1, 0.15) is 16.9 Å². The summed E-state index contributed by atoms with van der Waals surface area (Å²) in [4.78, 5) is 14.0. The fraction of sp³-hybridized carbons (Fsp3) is 0.389. The fourth-order valence-corrected chi connectivity index (χ4v) is 4.68. The molecule has 0 radical (unpaired) electrons. The normalized spacial score (nSPS) is 19.3. The van der Waals surface area contributed by atoms with Crippen LogP contribution in [-0.2, 0) is 12.8 Å². The molecule has 2 aliphatic rings. The van der Waals surface area contributed by atoms with Crippen molar-refractivity contribution in [2.24, 2.45) is 0 Å². The molecule has 23 heavy (non-hydrogen) atoms. The lowest BCUT2D eigenvalue weighted by molar-refractivity contribution is 0.0935. The summed E-state index contributed by atoms with van der Waals surface area (Å²) in [6.07, 6.45) is 4.38. The third-order valence-corrected chi connectivity index (χ3v) is 5.70. The molecule has 1 aromatic heterocycles. The van der Waals surface area contributed by atoms with Crippen LogP contribution < -0.4 is 15.4 Å². The predicted octanol–water partition coefficient (Wildman–Crippen LogP) is 3.88. The summed E-state index contributed by atoms with van der Waals surface area (Å²) in [5, 5.41) is 7.62. The molecule has 0 saturated heterocycles. The first-order valence-corrected chi connectivity index (χ1v) is 9.02. The third-order valence-electron chi connectivity index (χ3n) is 4.47. The molecule has 5 heteroatoms. The van der Waals surface area contributed by atoms with Crippen molar-refractivity contribution in [3.8, 4) is 5.75 Å². The number of hydrogen-bond acceptors (Lipinski definition) is 4. The lowest BCUT2D eigenvalue weighted by Crippen LogP contribution is -2.38. The van der Waals surface area contributed by atoms with E-state index in [4.69, 9.17) is 4.74 Å². The molecule has 2 aromatic rings. The van der Waals surface area contributed by atoms with Gasteiger partial charge in [-0.25, -0.2) is 0 Å². The van der Waals surface area contributed by atoms with Gasteiger partial charge in [0.25, 0.3) is 5.91 Å². The second kappa shape index (κ2) is 5.89. The number of ether oxygens (including phenoxy) is 1. The molecule has 0 saturated carbocycles. The second-order valence-corrected chi connectivity index (χ2v) is 7.07. The largest absolute Gasteiger partial charge is 0.494 e. The highest BCUT2D eigenvalue weighted by atomic mass is 32.1. The van der Waals surface area contributed by atoms with Crippen molar-refractivity contribution in [1.82, 2.24) is 5.32 Å². The zero-order chi connectivity index (χ0) is 15.8. The molecule has 0 spiro atoms. The Kier molecular flexibility index (Phi) is 3.73. The summed E-state index contributed by atoms with van der Waals surface area (Å²) in [6.45, 7) is 2.62. The summed E-state index contributed by atoms with van der Waals surface area (Å²) in [5.41, 5.74) is 3.19. The Bertz CT molecular complexity index is 736. The summed E-state index contributed by atoms with van der Waals surface area (Å²) in [6, 6.07) is 7.90. The van der Waals surface area contributed by atoms with Gasteiger partial charge in [-0.1, -0.05) is 12.1 Å². The smallest absolute Gasteiger partial charge is 0.256 e. The van der Waals surface area contributed by atoms with Gasteiger partial charge in [0.05, 0.1) is 12.2 Å². The van der Waals surface area contributed by atoms with E-state index in [0.29, 0.717) is 6.61 Å². The molecule has 120 valence electrons. The van der Waals surface area contributed by atoms with Gasteiger partial charge in [0.2, 0.25) is 0 Å². The number of nitrogens with one attached hydrogen (secondary N) is 2. The van der Waals surface area contributed by atoms with Crippen molar-refractivity contribution in [3.05, 3.63) is 45.8 Å². The third kappa shape index (κ3) is 2.59.